The molecular formula is C20H24N2O2. The molecule has 0 radical (unpaired) electrons. The van der Waals surface area contributed by atoms with E-state index in [0.29, 0.717) is 24.2 Å². The third kappa shape index (κ3) is 4.02. The van der Waals surface area contributed by atoms with Crippen LogP contribution in [0.5, 0.6) is 0 Å². The number of nitrogens with zero attached hydrogens (tertiary/aromatic N) is 1. The summed E-state index contributed by atoms with van der Waals surface area (Å²) < 4.78 is 0. The van der Waals surface area contributed by atoms with Gasteiger partial charge in [-0.05, 0) is 50.1 Å². The number of hydrogen-bond acceptors (Lipinski definition) is 2. The first-order valence-corrected chi connectivity index (χ1v) is 8.39. The molecule has 0 saturated heterocycles. The van der Waals surface area contributed by atoms with Gasteiger partial charge in [0.05, 0.1) is 0 Å². The minimum atomic E-state index is -0.204. The van der Waals surface area contributed by atoms with Crippen LogP contribution >= 0.6 is 0 Å². The van der Waals surface area contributed by atoms with Crippen LogP contribution in [0.25, 0.3) is 0 Å². The van der Waals surface area contributed by atoms with Crippen LogP contribution in [0, 0.1) is 0 Å². The zero-order valence-electron chi connectivity index (χ0n) is 14.5. The van der Waals surface area contributed by atoms with Crippen LogP contribution in [-0.2, 0) is 6.42 Å². The summed E-state index contributed by atoms with van der Waals surface area (Å²) >= 11 is 0. The number of hydrogen-bond donors (Lipinski definition) is 1. The standard InChI is InChI=1S/C20H24N2O2/c1-4-15-10-7-8-13-18(15)21-19(23)16-11-9-12-17(14-16)20(24)22(5-2)6-3/h7-14H,4-6H2,1-3H3,(H,21,23). The predicted octanol–water partition coefficient (Wildman–Crippen LogP) is 3.98. The Hall–Kier alpha value is -2.62. The van der Waals surface area contributed by atoms with Gasteiger partial charge in [0.1, 0.15) is 0 Å². The molecule has 2 aromatic carbocycles. The third-order valence-electron chi connectivity index (χ3n) is 4.07. The average Bonchev–Trinajstić information content (AvgIpc) is 2.63. The zero-order chi connectivity index (χ0) is 17.5. The maximum Gasteiger partial charge on any atom is 0.255 e. The van der Waals surface area contributed by atoms with E-state index in [9.17, 15) is 9.59 Å². The number of amides is 2. The second kappa shape index (κ2) is 8.29. The van der Waals surface area contributed by atoms with E-state index in [1.165, 1.54) is 0 Å². The minimum absolute atomic E-state index is 0.0522. The summed E-state index contributed by atoms with van der Waals surface area (Å²) in [7, 11) is 0. The summed E-state index contributed by atoms with van der Waals surface area (Å²) in [4.78, 5) is 26.7. The smallest absolute Gasteiger partial charge is 0.255 e. The van der Waals surface area contributed by atoms with Crippen LogP contribution in [0.4, 0.5) is 5.69 Å². The van der Waals surface area contributed by atoms with Crippen molar-refractivity contribution in [3.63, 3.8) is 0 Å². The fraction of sp³-hybridized carbons (Fsp3) is 0.300. The maximum absolute atomic E-state index is 12.5. The molecular weight excluding hydrogens is 300 g/mol. The molecule has 0 bridgehead atoms. The van der Waals surface area contributed by atoms with Gasteiger partial charge in [-0.1, -0.05) is 31.2 Å². The normalized spacial score (nSPS) is 10.3. The van der Waals surface area contributed by atoms with Crippen molar-refractivity contribution in [3.05, 3.63) is 65.2 Å². The van der Waals surface area contributed by atoms with Crippen molar-refractivity contribution in [1.29, 1.82) is 0 Å². The molecule has 126 valence electrons. The molecule has 4 nitrogen and oxygen atoms in total. The number of carbonyl (C=O) groups is 2. The van der Waals surface area contributed by atoms with Crippen molar-refractivity contribution in [3.8, 4) is 0 Å². The average molecular weight is 324 g/mol. The first-order valence-electron chi connectivity index (χ1n) is 8.39. The lowest BCUT2D eigenvalue weighted by Gasteiger charge is -2.19. The highest BCUT2D eigenvalue weighted by Gasteiger charge is 2.15. The number of anilines is 1. The van der Waals surface area contributed by atoms with Crippen LogP contribution in [0.3, 0.4) is 0 Å². The Kier molecular flexibility index (Phi) is 6.13. The first kappa shape index (κ1) is 17.7. The molecule has 2 amide bonds. The summed E-state index contributed by atoms with van der Waals surface area (Å²) in [5, 5.41) is 2.94. The number of para-hydroxylation sites is 1. The number of rotatable bonds is 6. The lowest BCUT2D eigenvalue weighted by Crippen LogP contribution is -2.30. The molecule has 0 atom stereocenters. The van der Waals surface area contributed by atoms with E-state index in [1.54, 1.807) is 29.2 Å². The van der Waals surface area contributed by atoms with Crippen molar-refractivity contribution in [1.82, 2.24) is 4.90 Å². The molecule has 2 rings (SSSR count). The fourth-order valence-electron chi connectivity index (χ4n) is 2.63. The van der Waals surface area contributed by atoms with Crippen LogP contribution in [0.15, 0.2) is 48.5 Å². The summed E-state index contributed by atoms with van der Waals surface area (Å²) in [6.45, 7) is 7.24. The Morgan fingerprint density at radius 1 is 0.917 bits per heavy atom. The Morgan fingerprint density at radius 2 is 1.58 bits per heavy atom. The monoisotopic (exact) mass is 324 g/mol. The third-order valence-corrected chi connectivity index (χ3v) is 4.07. The SMILES string of the molecule is CCc1ccccc1NC(=O)c1cccc(C(=O)N(CC)CC)c1. The molecule has 0 aliphatic heterocycles. The second-order valence-corrected chi connectivity index (χ2v) is 5.52. The molecule has 1 N–H and O–H groups in total. The van der Waals surface area contributed by atoms with Gasteiger partial charge in [0.2, 0.25) is 0 Å². The van der Waals surface area contributed by atoms with Gasteiger partial charge in [0.25, 0.3) is 11.8 Å². The van der Waals surface area contributed by atoms with Gasteiger partial charge in [-0.2, -0.15) is 0 Å². The van der Waals surface area contributed by atoms with E-state index in [2.05, 4.69) is 5.32 Å². The van der Waals surface area contributed by atoms with Crippen LogP contribution in [0.2, 0.25) is 0 Å². The second-order valence-electron chi connectivity index (χ2n) is 5.52. The van der Waals surface area contributed by atoms with Gasteiger partial charge in [-0.3, -0.25) is 9.59 Å². The van der Waals surface area contributed by atoms with Gasteiger partial charge < -0.3 is 10.2 Å². The minimum Gasteiger partial charge on any atom is -0.339 e. The van der Waals surface area contributed by atoms with Crippen LogP contribution < -0.4 is 5.32 Å². The number of aryl methyl sites for hydroxylation is 1. The summed E-state index contributed by atoms with van der Waals surface area (Å²) in [6.07, 6.45) is 0.844. The van der Waals surface area contributed by atoms with E-state index >= 15 is 0 Å². The van der Waals surface area contributed by atoms with Crippen molar-refractivity contribution in [2.24, 2.45) is 0 Å². The zero-order valence-corrected chi connectivity index (χ0v) is 14.5. The van der Waals surface area contributed by atoms with E-state index < -0.39 is 0 Å². The highest BCUT2D eigenvalue weighted by atomic mass is 16.2. The number of nitrogens with one attached hydrogen (secondary N) is 1. The van der Waals surface area contributed by atoms with E-state index in [4.69, 9.17) is 0 Å². The molecule has 0 heterocycles. The fourth-order valence-corrected chi connectivity index (χ4v) is 2.63. The van der Waals surface area contributed by atoms with Gasteiger partial charge in [-0.15, -0.1) is 0 Å². The maximum atomic E-state index is 12.5. The number of benzene rings is 2. The summed E-state index contributed by atoms with van der Waals surface area (Å²) in [6, 6.07) is 14.6. The van der Waals surface area contributed by atoms with Gasteiger partial charge in [0.15, 0.2) is 0 Å². The van der Waals surface area contributed by atoms with E-state index in [0.717, 1.165) is 17.7 Å². The van der Waals surface area contributed by atoms with Gasteiger partial charge >= 0.3 is 0 Å². The van der Waals surface area contributed by atoms with E-state index in [1.807, 2.05) is 45.0 Å². The van der Waals surface area contributed by atoms with Crippen molar-refractivity contribution in [2.45, 2.75) is 27.2 Å². The predicted molar refractivity (Wildman–Crippen MR) is 97.5 cm³/mol. The molecule has 4 heteroatoms. The molecule has 0 saturated carbocycles. The summed E-state index contributed by atoms with van der Waals surface area (Å²) in [5.41, 5.74) is 2.92. The lowest BCUT2D eigenvalue weighted by molar-refractivity contribution is 0.0773. The number of carbonyl (C=O) groups excluding carboxylic acids is 2. The van der Waals surface area contributed by atoms with Crippen LogP contribution in [-0.4, -0.2) is 29.8 Å². The Bertz CT molecular complexity index is 721. The van der Waals surface area contributed by atoms with Gasteiger partial charge in [-0.25, -0.2) is 0 Å². The van der Waals surface area contributed by atoms with Crippen molar-refractivity contribution in [2.75, 3.05) is 18.4 Å². The summed E-state index contributed by atoms with van der Waals surface area (Å²) in [5.74, 6) is -0.256. The molecule has 24 heavy (non-hydrogen) atoms. The Morgan fingerprint density at radius 3 is 2.25 bits per heavy atom. The Labute approximate surface area is 143 Å². The lowest BCUT2D eigenvalue weighted by atomic mass is 10.1. The highest BCUT2D eigenvalue weighted by Crippen LogP contribution is 2.17. The van der Waals surface area contributed by atoms with E-state index in [-0.39, 0.29) is 11.8 Å². The van der Waals surface area contributed by atoms with Crippen molar-refractivity contribution < 1.29 is 9.59 Å². The molecule has 0 spiro atoms. The highest BCUT2D eigenvalue weighted by molar-refractivity contribution is 6.06. The molecule has 0 unspecified atom stereocenters. The topological polar surface area (TPSA) is 49.4 Å². The molecule has 2 aromatic rings. The molecule has 0 fully saturated rings. The quantitative estimate of drug-likeness (QED) is 0.873. The molecule has 0 aliphatic carbocycles. The Balaban J connectivity index is 2.22. The molecule has 0 aliphatic rings. The molecule has 0 aromatic heterocycles. The van der Waals surface area contributed by atoms with Crippen molar-refractivity contribution >= 4 is 17.5 Å². The first-order chi connectivity index (χ1) is 11.6. The largest absolute Gasteiger partial charge is 0.339 e. The van der Waals surface area contributed by atoms with Crippen LogP contribution in [0.1, 0.15) is 47.1 Å². The van der Waals surface area contributed by atoms with Gasteiger partial charge in [0, 0.05) is 29.9 Å².